The van der Waals surface area contributed by atoms with E-state index in [0.717, 1.165) is 11.1 Å². The smallest absolute Gasteiger partial charge is 0.203 e. The van der Waals surface area contributed by atoms with E-state index in [1.54, 1.807) is 38.5 Å². The van der Waals surface area contributed by atoms with Crippen LogP contribution in [0.25, 0.3) is 0 Å². The molecule has 112 valence electrons. The summed E-state index contributed by atoms with van der Waals surface area (Å²) in [7, 11) is 3.09. The first-order chi connectivity index (χ1) is 10.2. The van der Waals surface area contributed by atoms with E-state index in [0.29, 0.717) is 23.8 Å². The second-order valence-corrected chi connectivity index (χ2v) is 4.45. The third-order valence-corrected chi connectivity index (χ3v) is 3.03. The lowest BCUT2D eigenvalue weighted by atomic mass is 10.2. The van der Waals surface area contributed by atoms with E-state index in [2.05, 4.69) is 0 Å². The van der Waals surface area contributed by atoms with E-state index in [4.69, 9.17) is 19.9 Å². The van der Waals surface area contributed by atoms with E-state index >= 15 is 0 Å². The van der Waals surface area contributed by atoms with Gasteiger partial charge in [-0.2, -0.15) is 0 Å². The van der Waals surface area contributed by atoms with Crippen molar-refractivity contribution < 1.29 is 18.6 Å². The van der Waals surface area contributed by atoms with E-state index in [-0.39, 0.29) is 12.4 Å². The number of hydrogen-bond donors (Lipinski definition) is 1. The lowest BCUT2D eigenvalue weighted by Crippen LogP contribution is -2.03. The predicted molar refractivity (Wildman–Crippen MR) is 78.2 cm³/mol. The summed E-state index contributed by atoms with van der Waals surface area (Å²) in [4.78, 5) is 0. The Kier molecular flexibility index (Phi) is 5.00. The third kappa shape index (κ3) is 3.64. The minimum Gasteiger partial charge on any atom is -0.493 e. The molecule has 5 heteroatoms. The first-order valence-corrected chi connectivity index (χ1v) is 6.50. The Morgan fingerprint density at radius 3 is 2.19 bits per heavy atom. The number of halogens is 1. The highest BCUT2D eigenvalue weighted by molar-refractivity contribution is 5.54. The van der Waals surface area contributed by atoms with Crippen LogP contribution in [0.3, 0.4) is 0 Å². The molecule has 0 unspecified atom stereocenters. The third-order valence-electron chi connectivity index (χ3n) is 3.03. The molecule has 0 aliphatic carbocycles. The van der Waals surface area contributed by atoms with Crippen molar-refractivity contribution in [3.8, 4) is 17.2 Å². The number of hydrogen-bond acceptors (Lipinski definition) is 4. The molecule has 0 spiro atoms. The second kappa shape index (κ2) is 6.95. The normalized spacial score (nSPS) is 10.3. The molecule has 0 bridgehead atoms. The summed E-state index contributed by atoms with van der Waals surface area (Å²) in [6.07, 6.45) is 0. The van der Waals surface area contributed by atoms with Crippen molar-refractivity contribution in [3.05, 3.63) is 53.3 Å². The highest BCUT2D eigenvalue weighted by Gasteiger charge is 2.14. The molecule has 4 nitrogen and oxygen atoms in total. The molecule has 0 atom stereocenters. The van der Waals surface area contributed by atoms with Crippen molar-refractivity contribution in [1.29, 1.82) is 0 Å². The van der Waals surface area contributed by atoms with Crippen LogP contribution < -0.4 is 19.9 Å². The molecular weight excluding hydrogens is 273 g/mol. The van der Waals surface area contributed by atoms with Gasteiger partial charge in [-0.05, 0) is 35.4 Å². The fraction of sp³-hybridized carbons (Fsp3) is 0.250. The van der Waals surface area contributed by atoms with Gasteiger partial charge in [0.05, 0.1) is 14.2 Å². The number of rotatable bonds is 6. The Morgan fingerprint density at radius 2 is 1.67 bits per heavy atom. The van der Waals surface area contributed by atoms with Crippen LogP contribution in [-0.4, -0.2) is 14.2 Å². The van der Waals surface area contributed by atoms with Gasteiger partial charge in [-0.3, -0.25) is 0 Å². The van der Waals surface area contributed by atoms with Crippen LogP contribution in [-0.2, 0) is 13.2 Å². The van der Waals surface area contributed by atoms with Crippen molar-refractivity contribution >= 4 is 0 Å². The highest BCUT2D eigenvalue weighted by Crippen LogP contribution is 2.39. The molecule has 0 radical (unpaired) electrons. The summed E-state index contributed by atoms with van der Waals surface area (Å²) in [5.74, 6) is 1.24. The van der Waals surface area contributed by atoms with Gasteiger partial charge in [0, 0.05) is 6.54 Å². The minimum absolute atomic E-state index is 0.215. The Hall–Kier alpha value is -2.27. The summed E-state index contributed by atoms with van der Waals surface area (Å²) in [6.45, 7) is 0.587. The SMILES string of the molecule is COc1cc(CN)cc(OC)c1OCc1cccc(F)c1. The van der Waals surface area contributed by atoms with Gasteiger partial charge in [-0.1, -0.05) is 12.1 Å². The fourth-order valence-corrected chi connectivity index (χ4v) is 1.98. The molecule has 0 aliphatic rings. The summed E-state index contributed by atoms with van der Waals surface area (Å²) in [5.41, 5.74) is 7.24. The van der Waals surface area contributed by atoms with Crippen molar-refractivity contribution in [2.24, 2.45) is 5.73 Å². The van der Waals surface area contributed by atoms with Gasteiger partial charge in [0.1, 0.15) is 12.4 Å². The molecule has 0 saturated heterocycles. The first-order valence-electron chi connectivity index (χ1n) is 6.50. The maximum absolute atomic E-state index is 13.2. The maximum Gasteiger partial charge on any atom is 0.203 e. The molecule has 0 amide bonds. The number of benzene rings is 2. The fourth-order valence-electron chi connectivity index (χ4n) is 1.98. The van der Waals surface area contributed by atoms with Gasteiger partial charge < -0.3 is 19.9 Å². The highest BCUT2D eigenvalue weighted by atomic mass is 19.1. The van der Waals surface area contributed by atoms with Gasteiger partial charge in [-0.25, -0.2) is 4.39 Å². The first kappa shape index (κ1) is 15.1. The van der Waals surface area contributed by atoms with Gasteiger partial charge in [-0.15, -0.1) is 0 Å². The quantitative estimate of drug-likeness (QED) is 0.889. The average Bonchev–Trinajstić information content (AvgIpc) is 2.52. The van der Waals surface area contributed by atoms with Crippen molar-refractivity contribution in [2.75, 3.05) is 14.2 Å². The summed E-state index contributed by atoms with van der Waals surface area (Å²) in [6, 6.07) is 9.83. The van der Waals surface area contributed by atoms with Crippen LogP contribution in [0, 0.1) is 5.82 Å². The maximum atomic E-state index is 13.2. The number of nitrogens with two attached hydrogens (primary N) is 1. The standard InChI is InChI=1S/C16H18FNO3/c1-19-14-7-12(9-18)8-15(20-2)16(14)21-10-11-4-3-5-13(17)6-11/h3-8H,9-10,18H2,1-2H3. The van der Waals surface area contributed by atoms with Crippen molar-refractivity contribution in [2.45, 2.75) is 13.2 Å². The van der Waals surface area contributed by atoms with E-state index in [1.165, 1.54) is 12.1 Å². The monoisotopic (exact) mass is 291 g/mol. The molecule has 0 aliphatic heterocycles. The molecule has 0 aromatic heterocycles. The summed E-state index contributed by atoms with van der Waals surface area (Å²) >= 11 is 0. The predicted octanol–water partition coefficient (Wildman–Crippen LogP) is 2.88. The van der Waals surface area contributed by atoms with Gasteiger partial charge in [0.15, 0.2) is 11.5 Å². The molecular formula is C16H18FNO3. The topological polar surface area (TPSA) is 53.7 Å². The number of methoxy groups -OCH3 is 2. The Morgan fingerprint density at radius 1 is 1.00 bits per heavy atom. The lowest BCUT2D eigenvalue weighted by Gasteiger charge is -2.16. The van der Waals surface area contributed by atoms with Crippen LogP contribution in [0.4, 0.5) is 4.39 Å². The average molecular weight is 291 g/mol. The van der Waals surface area contributed by atoms with Crippen LogP contribution in [0.15, 0.2) is 36.4 Å². The molecule has 2 rings (SSSR count). The van der Waals surface area contributed by atoms with Gasteiger partial charge in [0.25, 0.3) is 0 Å². The molecule has 2 aromatic carbocycles. The molecule has 2 N–H and O–H groups in total. The molecule has 2 aromatic rings. The minimum atomic E-state index is -0.298. The molecule has 0 heterocycles. The zero-order valence-corrected chi connectivity index (χ0v) is 12.1. The van der Waals surface area contributed by atoms with Gasteiger partial charge in [0.2, 0.25) is 5.75 Å². The zero-order chi connectivity index (χ0) is 15.2. The van der Waals surface area contributed by atoms with E-state index in [9.17, 15) is 4.39 Å². The molecule has 0 saturated carbocycles. The van der Waals surface area contributed by atoms with Crippen LogP contribution in [0.2, 0.25) is 0 Å². The molecule has 0 fully saturated rings. The van der Waals surface area contributed by atoms with Crippen molar-refractivity contribution in [1.82, 2.24) is 0 Å². The van der Waals surface area contributed by atoms with Crippen LogP contribution in [0.1, 0.15) is 11.1 Å². The summed E-state index contributed by atoms with van der Waals surface area (Å²) in [5, 5.41) is 0. The van der Waals surface area contributed by atoms with E-state index in [1.807, 2.05) is 0 Å². The Labute approximate surface area is 123 Å². The zero-order valence-electron chi connectivity index (χ0n) is 12.1. The Balaban J connectivity index is 2.26. The Bertz CT molecular complexity index is 591. The summed E-state index contributed by atoms with van der Waals surface area (Å²) < 4.78 is 29.5. The van der Waals surface area contributed by atoms with Gasteiger partial charge >= 0.3 is 0 Å². The number of ether oxygens (including phenoxy) is 3. The lowest BCUT2D eigenvalue weighted by molar-refractivity contribution is 0.265. The molecule has 21 heavy (non-hydrogen) atoms. The van der Waals surface area contributed by atoms with Crippen molar-refractivity contribution in [3.63, 3.8) is 0 Å². The van der Waals surface area contributed by atoms with Crippen LogP contribution >= 0.6 is 0 Å². The van der Waals surface area contributed by atoms with Crippen LogP contribution in [0.5, 0.6) is 17.2 Å². The largest absolute Gasteiger partial charge is 0.493 e. The van der Waals surface area contributed by atoms with E-state index < -0.39 is 0 Å². The second-order valence-electron chi connectivity index (χ2n) is 4.45.